The molecule has 0 saturated carbocycles. The smallest absolute Gasteiger partial charge is 0.337 e. The second-order valence-electron chi connectivity index (χ2n) is 5.41. The number of aryl methyl sites for hydroxylation is 1. The Morgan fingerprint density at radius 2 is 1.64 bits per heavy atom. The number of para-hydroxylation sites is 2. The third-order valence-corrected chi connectivity index (χ3v) is 3.85. The number of carbonyl (C=O) groups excluding carboxylic acids is 2. The van der Waals surface area contributed by atoms with Crippen molar-refractivity contribution in [2.24, 2.45) is 7.05 Å². The average Bonchev–Trinajstić information content (AvgIpc) is 2.87. The first kappa shape index (κ1) is 16.5. The Hall–Kier alpha value is -3.35. The summed E-state index contributed by atoms with van der Waals surface area (Å²) in [6, 6.07) is 13.2. The van der Waals surface area contributed by atoms with Crippen LogP contribution in [0.1, 0.15) is 10.4 Å². The van der Waals surface area contributed by atoms with Gasteiger partial charge in [0.2, 0.25) is 0 Å². The van der Waals surface area contributed by atoms with Crippen LogP contribution in [0.25, 0.3) is 11.0 Å². The summed E-state index contributed by atoms with van der Waals surface area (Å²) in [5, 5.41) is 0. The highest BCUT2D eigenvalue weighted by molar-refractivity contribution is 5.89. The van der Waals surface area contributed by atoms with Crippen LogP contribution in [-0.2, 0) is 23.1 Å². The minimum atomic E-state index is -0.579. The second-order valence-corrected chi connectivity index (χ2v) is 5.41. The number of rotatable bonds is 4. The standard InChI is InChI=1S/C18H16N2O5/c1-19-14-5-3-4-6-15(14)20(18(19)23)11-16(21)25-13-9-7-12(8-10-13)17(22)24-2/h3-10H,11H2,1-2H3. The summed E-state index contributed by atoms with van der Waals surface area (Å²) in [4.78, 5) is 35.9. The van der Waals surface area contributed by atoms with Gasteiger partial charge in [0, 0.05) is 7.05 Å². The predicted molar refractivity (Wildman–Crippen MR) is 90.6 cm³/mol. The zero-order valence-corrected chi connectivity index (χ0v) is 13.8. The van der Waals surface area contributed by atoms with E-state index in [1.807, 2.05) is 12.1 Å². The normalized spacial score (nSPS) is 10.6. The van der Waals surface area contributed by atoms with Gasteiger partial charge >= 0.3 is 17.6 Å². The number of methoxy groups -OCH3 is 1. The maximum Gasteiger partial charge on any atom is 0.337 e. The molecule has 0 bridgehead atoms. The summed E-state index contributed by atoms with van der Waals surface area (Å²) >= 11 is 0. The van der Waals surface area contributed by atoms with Crippen molar-refractivity contribution in [2.75, 3.05) is 7.11 Å². The molecule has 0 spiro atoms. The molecule has 0 unspecified atom stereocenters. The minimum Gasteiger partial charge on any atom is -0.465 e. The number of aromatic nitrogens is 2. The topological polar surface area (TPSA) is 79.5 Å². The first-order valence-electron chi connectivity index (χ1n) is 7.54. The Bertz CT molecular complexity index is 998. The largest absolute Gasteiger partial charge is 0.465 e. The van der Waals surface area contributed by atoms with Gasteiger partial charge in [-0.1, -0.05) is 12.1 Å². The van der Waals surface area contributed by atoms with Crippen LogP contribution in [0, 0.1) is 0 Å². The van der Waals surface area contributed by atoms with Crippen LogP contribution in [0.2, 0.25) is 0 Å². The highest BCUT2D eigenvalue weighted by Crippen LogP contribution is 2.15. The lowest BCUT2D eigenvalue weighted by atomic mass is 10.2. The number of benzene rings is 2. The molecule has 0 saturated heterocycles. The summed E-state index contributed by atoms with van der Waals surface area (Å²) < 4.78 is 12.7. The molecule has 3 rings (SSSR count). The molecule has 0 atom stereocenters. The lowest BCUT2D eigenvalue weighted by Gasteiger charge is -2.06. The van der Waals surface area contributed by atoms with Gasteiger partial charge in [0.25, 0.3) is 0 Å². The number of esters is 2. The fraction of sp³-hybridized carbons (Fsp3) is 0.167. The van der Waals surface area contributed by atoms with E-state index in [1.165, 1.54) is 40.5 Å². The lowest BCUT2D eigenvalue weighted by molar-refractivity contribution is -0.135. The molecule has 0 aliphatic rings. The molecule has 1 aromatic heterocycles. The number of nitrogens with zero attached hydrogens (tertiary/aromatic N) is 2. The van der Waals surface area contributed by atoms with E-state index in [2.05, 4.69) is 4.74 Å². The summed E-state index contributed by atoms with van der Waals surface area (Å²) in [7, 11) is 2.94. The molecule has 25 heavy (non-hydrogen) atoms. The van der Waals surface area contributed by atoms with E-state index in [0.29, 0.717) is 11.1 Å². The maximum atomic E-state index is 12.3. The molecule has 2 aromatic carbocycles. The van der Waals surface area contributed by atoms with Gasteiger partial charge in [-0.3, -0.25) is 9.13 Å². The average molecular weight is 340 g/mol. The van der Waals surface area contributed by atoms with Crippen LogP contribution < -0.4 is 10.4 Å². The van der Waals surface area contributed by atoms with Crippen molar-refractivity contribution in [1.29, 1.82) is 0 Å². The Balaban J connectivity index is 1.79. The van der Waals surface area contributed by atoms with Crippen molar-refractivity contribution in [3.05, 3.63) is 64.6 Å². The molecule has 7 heteroatoms. The van der Waals surface area contributed by atoms with Crippen LogP contribution in [0.5, 0.6) is 5.75 Å². The van der Waals surface area contributed by atoms with Crippen LogP contribution in [0.3, 0.4) is 0 Å². The molecular weight excluding hydrogens is 324 g/mol. The van der Waals surface area contributed by atoms with E-state index in [-0.39, 0.29) is 18.0 Å². The fourth-order valence-corrected chi connectivity index (χ4v) is 2.59. The van der Waals surface area contributed by atoms with Crippen LogP contribution in [0.4, 0.5) is 0 Å². The molecule has 0 aliphatic heterocycles. The number of hydrogen-bond acceptors (Lipinski definition) is 5. The SMILES string of the molecule is COC(=O)c1ccc(OC(=O)Cn2c(=O)n(C)c3ccccc32)cc1. The lowest BCUT2D eigenvalue weighted by Crippen LogP contribution is -2.27. The van der Waals surface area contributed by atoms with E-state index in [1.54, 1.807) is 19.2 Å². The molecule has 128 valence electrons. The molecule has 0 aliphatic carbocycles. The van der Waals surface area contributed by atoms with Crippen molar-refractivity contribution in [2.45, 2.75) is 6.54 Å². The summed E-state index contributed by atoms with van der Waals surface area (Å²) in [5.74, 6) is -0.768. The van der Waals surface area contributed by atoms with E-state index in [9.17, 15) is 14.4 Å². The Morgan fingerprint density at radius 3 is 2.28 bits per heavy atom. The highest BCUT2D eigenvalue weighted by Gasteiger charge is 2.15. The first-order chi connectivity index (χ1) is 12.0. The third kappa shape index (κ3) is 3.16. The van der Waals surface area contributed by atoms with Gasteiger partial charge in [0.05, 0.1) is 23.7 Å². The van der Waals surface area contributed by atoms with Crippen LogP contribution in [0.15, 0.2) is 53.3 Å². The van der Waals surface area contributed by atoms with E-state index in [4.69, 9.17) is 4.74 Å². The van der Waals surface area contributed by atoms with Gasteiger partial charge in [0.1, 0.15) is 12.3 Å². The highest BCUT2D eigenvalue weighted by atomic mass is 16.5. The van der Waals surface area contributed by atoms with Crippen LogP contribution in [-0.4, -0.2) is 28.2 Å². The van der Waals surface area contributed by atoms with E-state index < -0.39 is 11.9 Å². The van der Waals surface area contributed by atoms with Crippen LogP contribution >= 0.6 is 0 Å². The quantitative estimate of drug-likeness (QED) is 0.534. The van der Waals surface area contributed by atoms with Crippen molar-refractivity contribution in [1.82, 2.24) is 9.13 Å². The number of carbonyl (C=O) groups is 2. The van der Waals surface area contributed by atoms with E-state index >= 15 is 0 Å². The molecular formula is C18H16N2O5. The third-order valence-electron chi connectivity index (χ3n) is 3.85. The minimum absolute atomic E-state index is 0.209. The zero-order chi connectivity index (χ0) is 18.0. The Morgan fingerprint density at radius 1 is 1.00 bits per heavy atom. The van der Waals surface area contributed by atoms with Crippen molar-refractivity contribution < 1.29 is 19.1 Å². The van der Waals surface area contributed by atoms with E-state index in [0.717, 1.165) is 5.52 Å². The van der Waals surface area contributed by atoms with Gasteiger partial charge in [0.15, 0.2) is 0 Å². The van der Waals surface area contributed by atoms with Gasteiger partial charge in [-0.15, -0.1) is 0 Å². The molecule has 3 aromatic rings. The van der Waals surface area contributed by atoms with Gasteiger partial charge in [-0.2, -0.15) is 0 Å². The molecule has 0 amide bonds. The van der Waals surface area contributed by atoms with Crippen molar-refractivity contribution >= 4 is 23.0 Å². The number of ether oxygens (including phenoxy) is 2. The van der Waals surface area contributed by atoms with Gasteiger partial charge in [-0.05, 0) is 36.4 Å². The summed E-state index contributed by atoms with van der Waals surface area (Å²) in [5.41, 5.74) is 1.46. The molecule has 7 nitrogen and oxygen atoms in total. The molecule has 1 heterocycles. The number of fused-ring (bicyclic) bond motifs is 1. The van der Waals surface area contributed by atoms with Gasteiger partial charge in [-0.25, -0.2) is 14.4 Å². The summed E-state index contributed by atoms with van der Waals surface area (Å²) in [6.07, 6.45) is 0. The Kier molecular flexibility index (Phi) is 4.38. The second kappa shape index (κ2) is 6.64. The zero-order valence-electron chi connectivity index (χ0n) is 13.8. The van der Waals surface area contributed by atoms with Gasteiger partial charge < -0.3 is 9.47 Å². The number of hydrogen-bond donors (Lipinski definition) is 0. The maximum absolute atomic E-state index is 12.3. The monoisotopic (exact) mass is 340 g/mol. The van der Waals surface area contributed by atoms with Crippen molar-refractivity contribution in [3.8, 4) is 5.75 Å². The first-order valence-corrected chi connectivity index (χ1v) is 7.54. The predicted octanol–water partition coefficient (Wildman–Crippen LogP) is 1.73. The molecule has 0 N–H and O–H groups in total. The number of imidazole rings is 1. The fourth-order valence-electron chi connectivity index (χ4n) is 2.59. The molecule has 0 fully saturated rings. The summed E-state index contributed by atoms with van der Waals surface area (Å²) in [6.45, 7) is -0.209. The molecule has 0 radical (unpaired) electrons. The van der Waals surface area contributed by atoms with Crippen molar-refractivity contribution in [3.63, 3.8) is 0 Å². The Labute approximate surface area is 143 Å².